The zero-order valence-corrected chi connectivity index (χ0v) is 15.6. The minimum atomic E-state index is -0.0792. The van der Waals surface area contributed by atoms with Crippen LogP contribution in [0.1, 0.15) is 38.5 Å². The molecule has 1 saturated heterocycles. The van der Waals surface area contributed by atoms with E-state index in [9.17, 15) is 4.79 Å². The summed E-state index contributed by atoms with van der Waals surface area (Å²) in [5.41, 5.74) is 0.676. The Balaban J connectivity index is 1.67. The van der Waals surface area contributed by atoms with Gasteiger partial charge in [0.15, 0.2) is 0 Å². The summed E-state index contributed by atoms with van der Waals surface area (Å²) in [6, 6.07) is 5.86. The molecule has 1 saturated carbocycles. The van der Waals surface area contributed by atoms with Crippen molar-refractivity contribution in [3.8, 4) is 0 Å². The number of benzene rings is 1. The first kappa shape index (κ1) is 17.8. The number of amides is 2. The van der Waals surface area contributed by atoms with Crippen LogP contribution in [0, 0.1) is 0 Å². The molecule has 2 atom stereocenters. The second-order valence-electron chi connectivity index (χ2n) is 6.83. The van der Waals surface area contributed by atoms with Gasteiger partial charge in [0.05, 0.1) is 10.0 Å². The number of anilines is 1. The number of likely N-dealkylation sites (tertiary alicyclic amines) is 1. The summed E-state index contributed by atoms with van der Waals surface area (Å²) in [5.74, 6) is 0. The Hall–Kier alpha value is -0.970. The number of urea groups is 1. The van der Waals surface area contributed by atoms with Gasteiger partial charge in [-0.15, -0.1) is 0 Å². The van der Waals surface area contributed by atoms with Crippen LogP contribution in [0.5, 0.6) is 0 Å². The average molecular weight is 370 g/mol. The molecule has 24 heavy (non-hydrogen) atoms. The predicted molar refractivity (Wildman–Crippen MR) is 100 cm³/mol. The van der Waals surface area contributed by atoms with Crippen LogP contribution in [0.4, 0.5) is 10.5 Å². The Morgan fingerprint density at radius 1 is 1.12 bits per heavy atom. The number of nitrogens with one attached hydrogen (secondary N) is 1. The fraction of sp³-hybridized carbons (Fsp3) is 0.611. The number of carbonyl (C=O) groups excluding carboxylic acids is 1. The van der Waals surface area contributed by atoms with Crippen molar-refractivity contribution in [2.75, 3.05) is 25.5 Å². The van der Waals surface area contributed by atoms with Crippen molar-refractivity contribution in [1.29, 1.82) is 0 Å². The largest absolute Gasteiger partial charge is 0.323 e. The van der Waals surface area contributed by atoms with Crippen molar-refractivity contribution in [2.45, 2.75) is 50.6 Å². The normalized spacial score (nSPS) is 24.8. The summed E-state index contributed by atoms with van der Waals surface area (Å²) < 4.78 is 0. The molecule has 1 unspecified atom stereocenters. The molecular weight excluding hydrogens is 345 g/mol. The molecule has 1 aliphatic carbocycles. The molecule has 0 spiro atoms. The summed E-state index contributed by atoms with van der Waals surface area (Å²) in [4.78, 5) is 17.1. The monoisotopic (exact) mass is 369 g/mol. The van der Waals surface area contributed by atoms with Gasteiger partial charge < -0.3 is 10.2 Å². The number of nitrogens with zero attached hydrogens (tertiary/aromatic N) is 2. The van der Waals surface area contributed by atoms with Gasteiger partial charge in [-0.1, -0.05) is 36.0 Å². The van der Waals surface area contributed by atoms with Crippen LogP contribution in [0.25, 0.3) is 0 Å². The van der Waals surface area contributed by atoms with Crippen LogP contribution < -0.4 is 5.32 Å². The molecule has 0 radical (unpaired) electrons. The van der Waals surface area contributed by atoms with Crippen LogP contribution in [-0.4, -0.2) is 48.1 Å². The van der Waals surface area contributed by atoms with E-state index in [1.165, 1.54) is 45.2 Å². The smallest absolute Gasteiger partial charge is 0.321 e. The molecule has 3 rings (SSSR count). The molecular formula is C18H25Cl2N3O. The SMILES string of the molecule is CN(C(=O)Nc1ccc(Cl)c(Cl)c1)C1CCCC[C@@H]1N1CCCC1. The van der Waals surface area contributed by atoms with E-state index in [1.54, 1.807) is 18.2 Å². The fourth-order valence-electron chi connectivity index (χ4n) is 3.98. The van der Waals surface area contributed by atoms with E-state index in [1.807, 2.05) is 11.9 Å². The third-order valence-corrected chi connectivity index (χ3v) is 6.03. The van der Waals surface area contributed by atoms with Crippen LogP contribution in [0.2, 0.25) is 10.0 Å². The number of hydrogen-bond acceptors (Lipinski definition) is 2. The minimum Gasteiger partial charge on any atom is -0.323 e. The van der Waals surface area contributed by atoms with Gasteiger partial charge in [-0.2, -0.15) is 0 Å². The van der Waals surface area contributed by atoms with Crippen LogP contribution in [0.3, 0.4) is 0 Å². The van der Waals surface area contributed by atoms with Gasteiger partial charge in [0.1, 0.15) is 0 Å². The van der Waals surface area contributed by atoms with Gasteiger partial charge in [-0.25, -0.2) is 4.79 Å². The highest BCUT2D eigenvalue weighted by Crippen LogP contribution is 2.30. The van der Waals surface area contributed by atoms with E-state index in [-0.39, 0.29) is 12.1 Å². The topological polar surface area (TPSA) is 35.6 Å². The van der Waals surface area contributed by atoms with Crippen LogP contribution >= 0.6 is 23.2 Å². The minimum absolute atomic E-state index is 0.0792. The van der Waals surface area contributed by atoms with Gasteiger partial charge in [-0.3, -0.25) is 4.90 Å². The molecule has 2 fully saturated rings. The molecule has 1 aliphatic heterocycles. The average Bonchev–Trinajstić information content (AvgIpc) is 3.12. The Morgan fingerprint density at radius 3 is 2.54 bits per heavy atom. The summed E-state index contributed by atoms with van der Waals surface area (Å²) in [6.07, 6.45) is 7.28. The molecule has 2 aliphatic rings. The van der Waals surface area contributed by atoms with Crippen molar-refractivity contribution in [2.24, 2.45) is 0 Å². The maximum atomic E-state index is 12.7. The number of likely N-dealkylation sites (N-methyl/N-ethyl adjacent to an activating group) is 1. The number of rotatable bonds is 3. The van der Waals surface area contributed by atoms with Crippen molar-refractivity contribution in [3.05, 3.63) is 28.2 Å². The lowest BCUT2D eigenvalue weighted by Gasteiger charge is -2.42. The molecule has 132 valence electrons. The van der Waals surface area contributed by atoms with E-state index in [2.05, 4.69) is 10.2 Å². The molecule has 1 aromatic carbocycles. The zero-order chi connectivity index (χ0) is 17.1. The standard InChI is InChI=1S/C18H25Cl2N3O/c1-22(18(24)21-13-8-9-14(19)15(20)12-13)16-6-2-3-7-17(16)23-10-4-5-11-23/h8-9,12,16-17H,2-7,10-11H2,1H3,(H,21,24)/t16?,17-/m0/s1. The molecule has 2 amide bonds. The molecule has 1 N–H and O–H groups in total. The van der Waals surface area contributed by atoms with E-state index < -0.39 is 0 Å². The molecule has 1 heterocycles. The highest BCUT2D eigenvalue weighted by Gasteiger charge is 2.35. The summed E-state index contributed by atoms with van der Waals surface area (Å²) >= 11 is 12.0. The summed E-state index contributed by atoms with van der Waals surface area (Å²) in [6.45, 7) is 2.34. The molecule has 0 aromatic heterocycles. The lowest BCUT2D eigenvalue weighted by atomic mass is 9.88. The first-order valence-corrected chi connectivity index (χ1v) is 9.55. The fourth-order valence-corrected chi connectivity index (χ4v) is 4.28. The Kier molecular flexibility index (Phi) is 5.90. The van der Waals surface area contributed by atoms with Crippen molar-refractivity contribution >= 4 is 34.9 Å². The predicted octanol–water partition coefficient (Wildman–Crippen LogP) is 4.86. The quantitative estimate of drug-likeness (QED) is 0.825. The molecule has 4 nitrogen and oxygen atoms in total. The van der Waals surface area contributed by atoms with Crippen LogP contribution in [0.15, 0.2) is 18.2 Å². The first-order chi connectivity index (χ1) is 11.6. The summed E-state index contributed by atoms with van der Waals surface area (Å²) in [7, 11) is 1.91. The maximum absolute atomic E-state index is 12.7. The van der Waals surface area contributed by atoms with E-state index in [0.717, 1.165) is 6.42 Å². The van der Waals surface area contributed by atoms with E-state index in [0.29, 0.717) is 21.8 Å². The highest BCUT2D eigenvalue weighted by molar-refractivity contribution is 6.42. The number of halogens is 2. The number of carbonyl (C=O) groups is 1. The third kappa shape index (κ3) is 3.98. The lowest BCUT2D eigenvalue weighted by molar-refractivity contribution is 0.0949. The summed E-state index contributed by atoms with van der Waals surface area (Å²) in [5, 5.41) is 3.88. The van der Waals surface area contributed by atoms with Gasteiger partial charge in [-0.05, 0) is 57.0 Å². The van der Waals surface area contributed by atoms with Crippen LogP contribution in [-0.2, 0) is 0 Å². The van der Waals surface area contributed by atoms with E-state index in [4.69, 9.17) is 23.2 Å². The highest BCUT2D eigenvalue weighted by atomic mass is 35.5. The van der Waals surface area contributed by atoms with Crippen molar-refractivity contribution in [1.82, 2.24) is 9.80 Å². The molecule has 1 aromatic rings. The molecule has 6 heteroatoms. The first-order valence-electron chi connectivity index (χ1n) is 8.79. The maximum Gasteiger partial charge on any atom is 0.321 e. The van der Waals surface area contributed by atoms with Crippen molar-refractivity contribution in [3.63, 3.8) is 0 Å². The zero-order valence-electron chi connectivity index (χ0n) is 14.1. The lowest BCUT2D eigenvalue weighted by Crippen LogP contribution is -2.54. The third-order valence-electron chi connectivity index (χ3n) is 5.29. The van der Waals surface area contributed by atoms with E-state index >= 15 is 0 Å². The van der Waals surface area contributed by atoms with Gasteiger partial charge in [0.2, 0.25) is 0 Å². The number of hydrogen-bond donors (Lipinski definition) is 1. The Bertz CT molecular complexity index is 590. The van der Waals surface area contributed by atoms with Crippen molar-refractivity contribution < 1.29 is 4.79 Å². The second-order valence-corrected chi connectivity index (χ2v) is 7.65. The van der Waals surface area contributed by atoms with Gasteiger partial charge >= 0.3 is 6.03 Å². The Labute approximate surface area is 154 Å². The van der Waals surface area contributed by atoms with Gasteiger partial charge in [0, 0.05) is 24.8 Å². The Morgan fingerprint density at radius 2 is 1.83 bits per heavy atom. The second kappa shape index (κ2) is 7.94. The molecule has 0 bridgehead atoms. The van der Waals surface area contributed by atoms with Gasteiger partial charge in [0.25, 0.3) is 0 Å².